The van der Waals surface area contributed by atoms with Crippen molar-refractivity contribution >= 4 is 23.4 Å². The topological polar surface area (TPSA) is 70.7 Å². The molecule has 0 aliphatic heterocycles. The molecule has 140 valence electrons. The third-order valence-corrected chi connectivity index (χ3v) is 4.38. The Morgan fingerprint density at radius 1 is 1.11 bits per heavy atom. The highest BCUT2D eigenvalue weighted by Crippen LogP contribution is 2.30. The summed E-state index contributed by atoms with van der Waals surface area (Å²) in [5.41, 5.74) is 0.357. The lowest BCUT2D eigenvalue weighted by Gasteiger charge is -2.09. The van der Waals surface area contributed by atoms with Gasteiger partial charge in [0, 0.05) is 12.1 Å². The quantitative estimate of drug-likeness (QED) is 0.619. The summed E-state index contributed by atoms with van der Waals surface area (Å²) in [5.74, 6) is 0.217. The Balaban J connectivity index is 1.52. The van der Waals surface area contributed by atoms with Crippen LogP contribution in [-0.4, -0.2) is 26.8 Å². The average Bonchev–Trinajstić information content (AvgIpc) is 3.08. The Hall–Kier alpha value is -2.81. The largest absolute Gasteiger partial charge is 0.416 e. The molecule has 0 unspecified atom stereocenters. The number of benzene rings is 2. The van der Waals surface area contributed by atoms with Crippen LogP contribution in [0.4, 0.5) is 18.9 Å². The number of nitrogens with zero attached hydrogens (tertiary/aromatic N) is 2. The van der Waals surface area contributed by atoms with Gasteiger partial charge in [-0.3, -0.25) is 9.89 Å². The van der Waals surface area contributed by atoms with Crippen LogP contribution in [-0.2, 0) is 17.4 Å². The molecule has 5 nitrogen and oxygen atoms in total. The first-order valence-electron chi connectivity index (χ1n) is 7.95. The number of aromatic nitrogens is 3. The zero-order valence-corrected chi connectivity index (χ0v) is 14.8. The molecular formula is C18H15F3N4OS. The second kappa shape index (κ2) is 8.26. The highest BCUT2D eigenvalue weighted by molar-refractivity contribution is 7.99. The second-order valence-electron chi connectivity index (χ2n) is 5.64. The Bertz CT molecular complexity index is 912. The van der Waals surface area contributed by atoms with Crippen molar-refractivity contribution in [1.82, 2.24) is 15.2 Å². The number of alkyl halides is 3. The van der Waals surface area contributed by atoms with E-state index in [1.807, 2.05) is 30.3 Å². The van der Waals surface area contributed by atoms with Crippen LogP contribution in [0.3, 0.4) is 0 Å². The number of carbonyl (C=O) groups excluding carboxylic acids is 1. The van der Waals surface area contributed by atoms with Gasteiger partial charge in [0.15, 0.2) is 0 Å². The van der Waals surface area contributed by atoms with E-state index in [1.54, 1.807) is 0 Å². The van der Waals surface area contributed by atoms with E-state index in [-0.39, 0.29) is 11.4 Å². The minimum Gasteiger partial charge on any atom is -0.325 e. The van der Waals surface area contributed by atoms with E-state index >= 15 is 0 Å². The zero-order valence-electron chi connectivity index (χ0n) is 14.0. The average molecular weight is 392 g/mol. The third kappa shape index (κ3) is 5.58. The van der Waals surface area contributed by atoms with Gasteiger partial charge in [0.25, 0.3) is 0 Å². The number of amides is 1. The highest BCUT2D eigenvalue weighted by Gasteiger charge is 2.30. The molecule has 2 aromatic carbocycles. The minimum atomic E-state index is -4.45. The summed E-state index contributed by atoms with van der Waals surface area (Å²) < 4.78 is 38.1. The van der Waals surface area contributed by atoms with Gasteiger partial charge in [-0.2, -0.15) is 13.2 Å². The Morgan fingerprint density at radius 2 is 1.89 bits per heavy atom. The van der Waals surface area contributed by atoms with Gasteiger partial charge in [0.05, 0.1) is 11.3 Å². The van der Waals surface area contributed by atoms with Gasteiger partial charge < -0.3 is 5.32 Å². The van der Waals surface area contributed by atoms with Crippen molar-refractivity contribution in [2.24, 2.45) is 0 Å². The maximum Gasteiger partial charge on any atom is 0.416 e. The van der Waals surface area contributed by atoms with Crippen LogP contribution in [0.15, 0.2) is 59.8 Å². The van der Waals surface area contributed by atoms with Crippen molar-refractivity contribution in [2.75, 3.05) is 11.1 Å². The molecule has 1 aromatic heterocycles. The van der Waals surface area contributed by atoms with Crippen LogP contribution in [0.1, 0.15) is 17.0 Å². The first-order valence-corrected chi connectivity index (χ1v) is 8.94. The van der Waals surface area contributed by atoms with Crippen LogP contribution < -0.4 is 5.32 Å². The molecular weight excluding hydrogens is 377 g/mol. The van der Waals surface area contributed by atoms with Gasteiger partial charge in [-0.15, -0.1) is 5.10 Å². The van der Waals surface area contributed by atoms with Crippen LogP contribution in [0.25, 0.3) is 0 Å². The predicted molar refractivity (Wildman–Crippen MR) is 96.4 cm³/mol. The van der Waals surface area contributed by atoms with E-state index in [4.69, 9.17) is 0 Å². The number of carbonyl (C=O) groups is 1. The molecule has 1 amide bonds. The van der Waals surface area contributed by atoms with Crippen molar-refractivity contribution in [3.63, 3.8) is 0 Å². The number of hydrogen-bond donors (Lipinski definition) is 2. The summed E-state index contributed by atoms with van der Waals surface area (Å²) in [6.45, 7) is 0. The Kier molecular flexibility index (Phi) is 5.80. The number of halogens is 3. The number of nitrogens with one attached hydrogen (secondary N) is 2. The number of H-pyrrole nitrogens is 1. The molecule has 1 heterocycles. The summed E-state index contributed by atoms with van der Waals surface area (Å²) in [6.07, 6.45) is -3.87. The number of rotatable bonds is 6. The fourth-order valence-electron chi connectivity index (χ4n) is 2.31. The Labute approximate surface area is 157 Å². The Morgan fingerprint density at radius 3 is 2.63 bits per heavy atom. The lowest BCUT2D eigenvalue weighted by Crippen LogP contribution is -2.15. The van der Waals surface area contributed by atoms with Gasteiger partial charge >= 0.3 is 6.18 Å². The van der Waals surface area contributed by atoms with Crippen molar-refractivity contribution < 1.29 is 18.0 Å². The van der Waals surface area contributed by atoms with Gasteiger partial charge in [0.1, 0.15) is 5.82 Å². The second-order valence-corrected chi connectivity index (χ2v) is 6.58. The fraction of sp³-hybridized carbons (Fsp3) is 0.167. The predicted octanol–water partition coefficient (Wildman–Crippen LogP) is 4.15. The standard InChI is InChI=1S/C18H15F3N4OS/c19-18(20,21)13-7-4-8-14(10-13)22-16(26)11-27-17-23-15(24-25-17)9-12-5-2-1-3-6-12/h1-8,10H,9,11H2,(H,22,26)(H,23,24,25). The minimum absolute atomic E-state index is 0.0150. The number of hydrogen-bond acceptors (Lipinski definition) is 4. The van der Waals surface area contributed by atoms with E-state index in [0.717, 1.165) is 29.5 Å². The van der Waals surface area contributed by atoms with Crippen LogP contribution in [0.2, 0.25) is 0 Å². The molecule has 0 spiro atoms. The molecule has 0 fully saturated rings. The fourth-order valence-corrected chi connectivity index (χ4v) is 2.93. The molecule has 2 N–H and O–H groups in total. The molecule has 0 saturated carbocycles. The van der Waals surface area contributed by atoms with Crippen LogP contribution in [0, 0.1) is 0 Å². The van der Waals surface area contributed by atoms with Crippen LogP contribution >= 0.6 is 11.8 Å². The van der Waals surface area contributed by atoms with Crippen molar-refractivity contribution in [3.8, 4) is 0 Å². The lowest BCUT2D eigenvalue weighted by atomic mass is 10.1. The molecule has 3 aromatic rings. The molecule has 9 heteroatoms. The molecule has 27 heavy (non-hydrogen) atoms. The SMILES string of the molecule is O=C(CSc1n[nH]c(Cc2ccccc2)n1)Nc1cccc(C(F)(F)F)c1. The molecule has 0 aliphatic carbocycles. The normalized spacial score (nSPS) is 11.4. The first-order chi connectivity index (χ1) is 12.9. The number of aromatic amines is 1. The summed E-state index contributed by atoms with van der Waals surface area (Å²) in [6, 6.07) is 14.2. The van der Waals surface area contributed by atoms with E-state index in [0.29, 0.717) is 17.4 Å². The smallest absolute Gasteiger partial charge is 0.325 e. The van der Waals surface area contributed by atoms with E-state index in [9.17, 15) is 18.0 Å². The molecule has 0 atom stereocenters. The van der Waals surface area contributed by atoms with Crippen molar-refractivity contribution in [2.45, 2.75) is 17.8 Å². The summed E-state index contributed by atoms with van der Waals surface area (Å²) in [5, 5.41) is 9.70. The highest BCUT2D eigenvalue weighted by atomic mass is 32.2. The molecule has 0 radical (unpaired) electrons. The van der Waals surface area contributed by atoms with Crippen LogP contribution in [0.5, 0.6) is 0 Å². The summed E-state index contributed by atoms with van der Waals surface area (Å²) in [4.78, 5) is 16.3. The summed E-state index contributed by atoms with van der Waals surface area (Å²) in [7, 11) is 0. The maximum absolute atomic E-state index is 12.7. The number of anilines is 1. The first kappa shape index (κ1) is 19.0. The van der Waals surface area contributed by atoms with Gasteiger partial charge in [0.2, 0.25) is 11.1 Å². The maximum atomic E-state index is 12.7. The van der Waals surface area contributed by atoms with Gasteiger partial charge in [-0.25, -0.2) is 4.98 Å². The van der Waals surface area contributed by atoms with E-state index in [1.165, 1.54) is 12.1 Å². The summed E-state index contributed by atoms with van der Waals surface area (Å²) >= 11 is 1.10. The third-order valence-electron chi connectivity index (χ3n) is 3.53. The zero-order chi connectivity index (χ0) is 19.3. The molecule has 0 saturated heterocycles. The molecule has 3 rings (SSSR count). The van der Waals surface area contributed by atoms with E-state index < -0.39 is 17.6 Å². The van der Waals surface area contributed by atoms with Crippen molar-refractivity contribution in [3.05, 3.63) is 71.5 Å². The molecule has 0 aliphatic rings. The van der Waals surface area contributed by atoms with E-state index in [2.05, 4.69) is 20.5 Å². The van der Waals surface area contributed by atoms with Gasteiger partial charge in [-0.1, -0.05) is 48.2 Å². The van der Waals surface area contributed by atoms with Gasteiger partial charge in [-0.05, 0) is 23.8 Å². The lowest BCUT2D eigenvalue weighted by molar-refractivity contribution is -0.137. The monoisotopic (exact) mass is 392 g/mol. The number of thioether (sulfide) groups is 1. The van der Waals surface area contributed by atoms with Crippen molar-refractivity contribution in [1.29, 1.82) is 0 Å². The molecule has 0 bridgehead atoms.